The first-order chi connectivity index (χ1) is 8.38. The summed E-state index contributed by atoms with van der Waals surface area (Å²) in [5.74, 6) is 0.964. The number of piperazine rings is 1. The Morgan fingerprint density at radius 1 is 0.944 bits per heavy atom. The number of halogens is 1. The summed E-state index contributed by atoms with van der Waals surface area (Å²) in [7, 11) is 0. The van der Waals surface area contributed by atoms with E-state index in [1.807, 2.05) is 13.8 Å². The summed E-state index contributed by atoms with van der Waals surface area (Å²) in [5.41, 5.74) is 0. The zero-order valence-corrected chi connectivity index (χ0v) is 14.8. The first kappa shape index (κ1) is 18.6. The van der Waals surface area contributed by atoms with Gasteiger partial charge in [0.05, 0.1) is 0 Å². The Bertz CT molecular complexity index is 176. The van der Waals surface area contributed by atoms with E-state index in [0.29, 0.717) is 0 Å². The molecule has 110 valence electrons. The Labute approximate surface area is 131 Å². The maximum Gasteiger partial charge on any atom is 0.0107 e. The lowest BCUT2D eigenvalue weighted by atomic mass is 9.96. The summed E-state index contributed by atoms with van der Waals surface area (Å²) in [6.07, 6.45) is 2.83. The molecule has 2 fully saturated rings. The molecule has 0 unspecified atom stereocenters. The van der Waals surface area contributed by atoms with E-state index >= 15 is 0 Å². The third-order valence-corrected chi connectivity index (χ3v) is 3.88. The fourth-order valence-corrected chi connectivity index (χ4v) is 2.74. The Morgan fingerprint density at radius 3 is 2.00 bits per heavy atom. The summed E-state index contributed by atoms with van der Waals surface area (Å²) >= 11 is 0. The fourth-order valence-electron chi connectivity index (χ4n) is 2.74. The van der Waals surface area contributed by atoms with Crippen LogP contribution in [-0.4, -0.2) is 62.2 Å². The van der Waals surface area contributed by atoms with Crippen molar-refractivity contribution in [1.29, 1.82) is 0 Å². The van der Waals surface area contributed by atoms with Gasteiger partial charge in [-0.25, -0.2) is 0 Å². The Hall–Kier alpha value is 0.610. The van der Waals surface area contributed by atoms with E-state index in [1.54, 1.807) is 0 Å². The van der Waals surface area contributed by atoms with Gasteiger partial charge in [0, 0.05) is 32.7 Å². The quantitative estimate of drug-likeness (QED) is 0.770. The minimum Gasteiger partial charge on any atom is -0.314 e. The van der Waals surface area contributed by atoms with Crippen LogP contribution in [0, 0.1) is 5.92 Å². The predicted molar refractivity (Wildman–Crippen MR) is 90.9 cm³/mol. The van der Waals surface area contributed by atoms with Gasteiger partial charge in [0.2, 0.25) is 0 Å². The van der Waals surface area contributed by atoms with Crippen LogP contribution >= 0.6 is 24.0 Å². The fraction of sp³-hybridized carbons (Fsp3) is 1.00. The van der Waals surface area contributed by atoms with E-state index < -0.39 is 0 Å². The van der Waals surface area contributed by atoms with Crippen molar-refractivity contribution in [2.45, 2.75) is 33.6 Å². The number of nitrogens with zero attached hydrogens (tertiary/aromatic N) is 2. The first-order valence-electron chi connectivity index (χ1n) is 7.54. The average molecular weight is 369 g/mol. The van der Waals surface area contributed by atoms with Crippen molar-refractivity contribution in [3.05, 3.63) is 0 Å². The highest BCUT2D eigenvalue weighted by Gasteiger charge is 2.21. The molecule has 2 aliphatic heterocycles. The van der Waals surface area contributed by atoms with Crippen LogP contribution in [0.4, 0.5) is 0 Å². The highest BCUT2D eigenvalue weighted by Crippen LogP contribution is 2.18. The molecular weight excluding hydrogens is 337 g/mol. The lowest BCUT2D eigenvalue weighted by Gasteiger charge is -2.35. The number of likely N-dealkylation sites (tertiary alicyclic amines) is 1. The highest BCUT2D eigenvalue weighted by atomic mass is 127. The van der Waals surface area contributed by atoms with Crippen LogP contribution in [-0.2, 0) is 0 Å². The third-order valence-electron chi connectivity index (χ3n) is 3.88. The number of nitrogens with one attached hydrogen (secondary N) is 1. The second-order valence-corrected chi connectivity index (χ2v) is 4.93. The molecule has 1 N–H and O–H groups in total. The molecule has 0 saturated carbocycles. The lowest BCUT2D eigenvalue weighted by Crippen LogP contribution is -2.46. The van der Waals surface area contributed by atoms with Crippen molar-refractivity contribution >= 4 is 24.0 Å². The van der Waals surface area contributed by atoms with Crippen molar-refractivity contribution in [1.82, 2.24) is 15.1 Å². The van der Waals surface area contributed by atoms with Gasteiger partial charge in [0.25, 0.3) is 0 Å². The Kier molecular flexibility index (Phi) is 11.8. The van der Waals surface area contributed by atoms with Crippen molar-refractivity contribution < 1.29 is 0 Å². The lowest BCUT2D eigenvalue weighted by molar-refractivity contribution is 0.139. The molecule has 2 saturated heterocycles. The minimum atomic E-state index is 0. The molecular formula is C14H32IN3. The summed E-state index contributed by atoms with van der Waals surface area (Å²) in [6, 6.07) is 0. The third kappa shape index (κ3) is 6.68. The molecule has 0 aromatic rings. The number of piperidine rings is 1. The molecule has 18 heavy (non-hydrogen) atoms. The van der Waals surface area contributed by atoms with Crippen LogP contribution in [0.1, 0.15) is 33.6 Å². The number of hydrogen-bond donors (Lipinski definition) is 1. The molecule has 4 heteroatoms. The van der Waals surface area contributed by atoms with Crippen molar-refractivity contribution in [2.75, 3.05) is 52.4 Å². The normalized spacial score (nSPS) is 22.8. The molecule has 2 heterocycles. The molecule has 0 radical (unpaired) electrons. The van der Waals surface area contributed by atoms with Crippen LogP contribution in [0.25, 0.3) is 0 Å². The zero-order valence-electron chi connectivity index (χ0n) is 12.5. The molecule has 0 atom stereocenters. The largest absolute Gasteiger partial charge is 0.314 e. The van der Waals surface area contributed by atoms with Crippen LogP contribution in [0.3, 0.4) is 0 Å². The molecule has 0 amide bonds. The molecule has 0 bridgehead atoms. The van der Waals surface area contributed by atoms with E-state index in [1.165, 1.54) is 65.2 Å². The molecule has 2 rings (SSSR count). The summed E-state index contributed by atoms with van der Waals surface area (Å²) in [6.45, 7) is 16.4. The molecule has 0 aliphatic carbocycles. The molecule has 0 spiro atoms. The summed E-state index contributed by atoms with van der Waals surface area (Å²) in [4.78, 5) is 5.22. The van der Waals surface area contributed by atoms with Crippen molar-refractivity contribution in [3.63, 3.8) is 0 Å². The predicted octanol–water partition coefficient (Wildman–Crippen LogP) is 2.27. The van der Waals surface area contributed by atoms with Gasteiger partial charge in [0.15, 0.2) is 0 Å². The smallest absolute Gasteiger partial charge is 0.0107 e. The van der Waals surface area contributed by atoms with Gasteiger partial charge in [-0.3, -0.25) is 0 Å². The summed E-state index contributed by atoms with van der Waals surface area (Å²) < 4.78 is 0. The van der Waals surface area contributed by atoms with Gasteiger partial charge in [-0.2, -0.15) is 0 Å². The van der Waals surface area contributed by atoms with E-state index in [9.17, 15) is 0 Å². The van der Waals surface area contributed by atoms with E-state index in [-0.39, 0.29) is 24.0 Å². The zero-order chi connectivity index (χ0) is 12.5. The topological polar surface area (TPSA) is 18.5 Å². The van der Waals surface area contributed by atoms with E-state index in [4.69, 9.17) is 0 Å². The molecule has 3 nitrogen and oxygen atoms in total. The molecule has 0 aromatic heterocycles. The van der Waals surface area contributed by atoms with Crippen molar-refractivity contribution in [3.8, 4) is 0 Å². The van der Waals surface area contributed by atoms with Crippen molar-refractivity contribution in [2.24, 2.45) is 5.92 Å². The second-order valence-electron chi connectivity index (χ2n) is 4.93. The molecule has 2 aliphatic rings. The maximum atomic E-state index is 3.42. The van der Waals surface area contributed by atoms with E-state index in [2.05, 4.69) is 22.0 Å². The van der Waals surface area contributed by atoms with Crippen LogP contribution in [0.5, 0.6) is 0 Å². The number of rotatable bonds is 3. The van der Waals surface area contributed by atoms with Gasteiger partial charge in [-0.05, 0) is 38.4 Å². The van der Waals surface area contributed by atoms with Gasteiger partial charge in [0.1, 0.15) is 0 Å². The van der Waals surface area contributed by atoms with Gasteiger partial charge in [-0.1, -0.05) is 20.8 Å². The van der Waals surface area contributed by atoms with Gasteiger partial charge in [-0.15, -0.1) is 24.0 Å². The average Bonchev–Trinajstić information content (AvgIpc) is 2.43. The van der Waals surface area contributed by atoms with E-state index in [0.717, 1.165) is 5.92 Å². The molecule has 0 aromatic carbocycles. The standard InChI is InChI=1S/C12H25N3.C2H6.HI/c1-2-14-7-3-12(4-8-14)11-15-9-5-13-6-10-15;1-2;/h12-13H,2-11H2,1H3;1-2H3;1H. The number of hydrogen-bond acceptors (Lipinski definition) is 3. The summed E-state index contributed by atoms with van der Waals surface area (Å²) in [5, 5.41) is 3.42. The Balaban J connectivity index is 0.000000917. The van der Waals surface area contributed by atoms with Crippen LogP contribution in [0.2, 0.25) is 0 Å². The highest BCUT2D eigenvalue weighted by molar-refractivity contribution is 14.0. The van der Waals surface area contributed by atoms with Gasteiger partial charge < -0.3 is 15.1 Å². The SMILES string of the molecule is CC.CCN1CCC(CN2CCNCC2)CC1.I. The first-order valence-corrected chi connectivity index (χ1v) is 7.54. The Morgan fingerprint density at radius 2 is 1.50 bits per heavy atom. The van der Waals surface area contributed by atoms with Crippen LogP contribution in [0.15, 0.2) is 0 Å². The minimum absolute atomic E-state index is 0. The monoisotopic (exact) mass is 369 g/mol. The second kappa shape index (κ2) is 11.4. The maximum absolute atomic E-state index is 3.42. The van der Waals surface area contributed by atoms with Crippen LogP contribution < -0.4 is 5.32 Å². The van der Waals surface area contributed by atoms with Gasteiger partial charge >= 0.3 is 0 Å².